The highest BCUT2D eigenvalue weighted by atomic mass is 32.2. The van der Waals surface area contributed by atoms with E-state index >= 15 is 0 Å². The number of hydrogen-bond donors (Lipinski definition) is 1. The number of rotatable bonds is 4. The van der Waals surface area contributed by atoms with Crippen LogP contribution in [0.3, 0.4) is 0 Å². The third-order valence-corrected chi connectivity index (χ3v) is 6.39. The topological polar surface area (TPSA) is 61.1 Å². The van der Waals surface area contributed by atoms with Gasteiger partial charge >= 0.3 is 5.97 Å². The van der Waals surface area contributed by atoms with E-state index < -0.39 is 5.97 Å². The zero-order chi connectivity index (χ0) is 12.7. The van der Waals surface area contributed by atoms with Crippen molar-refractivity contribution >= 4 is 17.7 Å². The highest BCUT2D eigenvalue weighted by Crippen LogP contribution is 2.58. The summed E-state index contributed by atoms with van der Waals surface area (Å²) in [6.45, 7) is 0. The minimum Gasteiger partial charge on any atom is -0.480 e. The Morgan fingerprint density at radius 1 is 1.22 bits per heavy atom. The minimum atomic E-state index is -0.701. The van der Waals surface area contributed by atoms with Gasteiger partial charge in [-0.1, -0.05) is 0 Å². The summed E-state index contributed by atoms with van der Waals surface area (Å²) in [6, 6.07) is 2.08. The molecule has 0 spiro atoms. The Bertz CT molecular complexity index is 362. The summed E-state index contributed by atoms with van der Waals surface area (Å²) in [6.07, 6.45) is 6.37. The van der Waals surface area contributed by atoms with Crippen molar-refractivity contribution in [3.05, 3.63) is 0 Å². The number of hydrogen-bond acceptors (Lipinski definition) is 3. The molecular weight excluding hydrogens is 246 g/mol. The Morgan fingerprint density at radius 3 is 2.22 bits per heavy atom. The van der Waals surface area contributed by atoms with Gasteiger partial charge in [0.25, 0.3) is 0 Å². The van der Waals surface area contributed by atoms with Crippen LogP contribution in [0.5, 0.6) is 0 Å². The van der Waals surface area contributed by atoms with Gasteiger partial charge in [0.2, 0.25) is 0 Å². The van der Waals surface area contributed by atoms with Crippen LogP contribution in [-0.4, -0.2) is 22.1 Å². The van der Waals surface area contributed by atoms with E-state index in [0.717, 1.165) is 11.8 Å². The highest BCUT2D eigenvalue weighted by molar-refractivity contribution is 8.00. The first kappa shape index (κ1) is 12.3. The first-order valence-corrected chi connectivity index (χ1v) is 7.95. The van der Waals surface area contributed by atoms with Gasteiger partial charge in [-0.15, -0.1) is 11.8 Å². The first-order chi connectivity index (χ1) is 8.69. The van der Waals surface area contributed by atoms with Crippen LogP contribution in [0.1, 0.15) is 32.1 Å². The van der Waals surface area contributed by atoms with Gasteiger partial charge < -0.3 is 5.11 Å². The molecule has 0 aromatic rings. The average molecular weight is 265 g/mol. The molecule has 4 aliphatic rings. The molecule has 98 valence electrons. The second kappa shape index (κ2) is 4.77. The highest BCUT2D eigenvalue weighted by Gasteiger charge is 2.52. The lowest BCUT2D eigenvalue weighted by Crippen LogP contribution is -2.50. The van der Waals surface area contributed by atoms with Crippen molar-refractivity contribution in [1.82, 2.24) is 0 Å². The monoisotopic (exact) mass is 265 g/mol. The van der Waals surface area contributed by atoms with Gasteiger partial charge in [0, 0.05) is 0 Å². The fraction of sp³-hybridized carbons (Fsp3) is 0.857. The molecular formula is C14H19NO2S. The van der Waals surface area contributed by atoms with Crippen LogP contribution >= 0.6 is 11.8 Å². The lowest BCUT2D eigenvalue weighted by atomic mass is 9.51. The molecule has 4 saturated carbocycles. The predicted molar refractivity (Wildman–Crippen MR) is 70.0 cm³/mol. The van der Waals surface area contributed by atoms with Gasteiger partial charge in [-0.2, -0.15) is 5.26 Å². The molecule has 4 heteroatoms. The summed E-state index contributed by atoms with van der Waals surface area (Å²) in [5, 5.41) is 17.8. The summed E-state index contributed by atoms with van der Waals surface area (Å²) < 4.78 is 0. The standard InChI is InChI=1S/C14H19NO2S/c15-1-2-18-13(14(16)17)12-10-4-8-3-9(6-10)7-11(12)5-8/h8-13H,2-7H2,(H,16,17). The molecule has 0 radical (unpaired) electrons. The number of carbonyl (C=O) groups is 1. The zero-order valence-electron chi connectivity index (χ0n) is 10.4. The van der Waals surface area contributed by atoms with Gasteiger partial charge in [-0.3, -0.25) is 4.79 Å². The molecule has 1 unspecified atom stereocenters. The van der Waals surface area contributed by atoms with Gasteiger partial charge in [-0.05, 0) is 61.7 Å². The molecule has 1 atom stereocenters. The van der Waals surface area contributed by atoms with Crippen molar-refractivity contribution < 1.29 is 9.90 Å². The number of thioether (sulfide) groups is 1. The average Bonchev–Trinajstić information content (AvgIpc) is 2.31. The van der Waals surface area contributed by atoms with E-state index in [1.807, 2.05) is 0 Å². The van der Waals surface area contributed by atoms with E-state index in [-0.39, 0.29) is 5.25 Å². The third kappa shape index (κ3) is 2.03. The van der Waals surface area contributed by atoms with E-state index in [4.69, 9.17) is 5.26 Å². The number of aliphatic carboxylic acids is 1. The van der Waals surface area contributed by atoms with Crippen LogP contribution in [0, 0.1) is 40.9 Å². The molecule has 0 aromatic heterocycles. The number of carboxylic acids is 1. The summed E-state index contributed by atoms with van der Waals surface area (Å²) >= 11 is 1.35. The number of nitriles is 1. The van der Waals surface area contributed by atoms with Crippen molar-refractivity contribution in [2.75, 3.05) is 5.75 Å². The third-order valence-electron chi connectivity index (χ3n) is 5.22. The maximum atomic E-state index is 11.5. The van der Waals surface area contributed by atoms with E-state index in [0.29, 0.717) is 23.5 Å². The molecule has 4 fully saturated rings. The number of carboxylic acid groups (broad SMARTS) is 1. The molecule has 4 bridgehead atoms. The summed E-state index contributed by atoms with van der Waals surface area (Å²) in [5.41, 5.74) is 0. The van der Waals surface area contributed by atoms with Crippen LogP contribution in [0.4, 0.5) is 0 Å². The van der Waals surface area contributed by atoms with Crippen molar-refractivity contribution in [3.63, 3.8) is 0 Å². The van der Waals surface area contributed by atoms with Gasteiger partial charge in [0.1, 0.15) is 5.25 Å². The van der Waals surface area contributed by atoms with Crippen molar-refractivity contribution in [2.24, 2.45) is 29.6 Å². The van der Waals surface area contributed by atoms with Crippen molar-refractivity contribution in [3.8, 4) is 6.07 Å². The Kier molecular flexibility index (Phi) is 3.27. The molecule has 1 N–H and O–H groups in total. The van der Waals surface area contributed by atoms with Gasteiger partial charge in [-0.25, -0.2) is 0 Å². The molecule has 4 aliphatic carbocycles. The SMILES string of the molecule is N#CCSC(C(=O)O)C1C2CC3CC(C2)CC1C3. The van der Waals surface area contributed by atoms with Crippen molar-refractivity contribution in [2.45, 2.75) is 37.4 Å². The summed E-state index contributed by atoms with van der Waals surface area (Å²) in [7, 11) is 0. The Hall–Kier alpha value is -0.690. The van der Waals surface area contributed by atoms with Gasteiger partial charge in [0.05, 0.1) is 11.8 Å². The summed E-state index contributed by atoms with van der Waals surface area (Å²) in [5.74, 6) is 2.92. The second-order valence-electron chi connectivity index (χ2n) is 6.24. The van der Waals surface area contributed by atoms with Crippen LogP contribution in [0.25, 0.3) is 0 Å². The molecule has 4 rings (SSSR count). The fourth-order valence-electron chi connectivity index (χ4n) is 4.94. The zero-order valence-corrected chi connectivity index (χ0v) is 11.2. The van der Waals surface area contributed by atoms with Gasteiger partial charge in [0.15, 0.2) is 0 Å². The van der Waals surface area contributed by atoms with E-state index in [2.05, 4.69) is 6.07 Å². The number of nitrogens with zero attached hydrogens (tertiary/aromatic N) is 1. The molecule has 3 nitrogen and oxygen atoms in total. The molecule has 0 aliphatic heterocycles. The van der Waals surface area contributed by atoms with Crippen LogP contribution in [0.2, 0.25) is 0 Å². The Morgan fingerprint density at radius 2 is 1.78 bits per heavy atom. The van der Waals surface area contributed by atoms with Crippen molar-refractivity contribution in [1.29, 1.82) is 5.26 Å². The summed E-state index contributed by atoms with van der Waals surface area (Å²) in [4.78, 5) is 11.5. The maximum Gasteiger partial charge on any atom is 0.316 e. The second-order valence-corrected chi connectivity index (χ2v) is 7.37. The maximum absolute atomic E-state index is 11.5. The molecule has 0 amide bonds. The molecule has 0 saturated heterocycles. The molecule has 18 heavy (non-hydrogen) atoms. The van der Waals surface area contributed by atoms with Crippen LogP contribution in [0.15, 0.2) is 0 Å². The van der Waals surface area contributed by atoms with E-state index in [1.165, 1.54) is 43.9 Å². The van der Waals surface area contributed by atoms with E-state index in [9.17, 15) is 9.90 Å². The quantitative estimate of drug-likeness (QED) is 0.849. The Balaban J connectivity index is 1.78. The smallest absolute Gasteiger partial charge is 0.316 e. The largest absolute Gasteiger partial charge is 0.480 e. The lowest BCUT2D eigenvalue weighted by molar-refractivity contribution is -0.141. The first-order valence-electron chi connectivity index (χ1n) is 6.90. The lowest BCUT2D eigenvalue weighted by Gasteiger charge is -2.55. The predicted octanol–water partition coefficient (Wildman–Crippen LogP) is 2.77. The van der Waals surface area contributed by atoms with Crippen LogP contribution in [-0.2, 0) is 4.79 Å². The fourth-order valence-corrected chi connectivity index (χ4v) is 6.00. The normalized spacial score (nSPS) is 42.5. The minimum absolute atomic E-state index is 0.305. The molecule has 0 aromatic carbocycles. The van der Waals surface area contributed by atoms with Crippen LogP contribution < -0.4 is 0 Å². The van der Waals surface area contributed by atoms with E-state index in [1.54, 1.807) is 0 Å². The Labute approximate surface area is 112 Å². The molecule has 0 heterocycles.